The summed E-state index contributed by atoms with van der Waals surface area (Å²) in [5.74, 6) is 0.357. The van der Waals surface area contributed by atoms with Gasteiger partial charge in [-0.1, -0.05) is 0 Å². The largest absolute Gasteiger partial charge is 0.396 e. The molecule has 23 heavy (non-hydrogen) atoms. The Morgan fingerprint density at radius 3 is 2.70 bits per heavy atom. The molecule has 0 aromatic carbocycles. The van der Waals surface area contributed by atoms with Gasteiger partial charge in [-0.3, -0.25) is 4.79 Å². The second-order valence-electron chi connectivity index (χ2n) is 6.64. The zero-order valence-corrected chi connectivity index (χ0v) is 14.0. The molecule has 3 rings (SSSR count). The van der Waals surface area contributed by atoms with E-state index in [-0.39, 0.29) is 18.6 Å². The monoisotopic (exact) mass is 316 g/mol. The number of nitrogens with zero attached hydrogens (tertiary/aromatic N) is 4. The Balaban J connectivity index is 1.88. The first-order chi connectivity index (χ1) is 11.0. The quantitative estimate of drug-likeness (QED) is 0.942. The summed E-state index contributed by atoms with van der Waals surface area (Å²) in [6.07, 6.45) is 3.50. The van der Waals surface area contributed by atoms with Crippen LogP contribution in [0.5, 0.6) is 0 Å². The van der Waals surface area contributed by atoms with Crippen LogP contribution in [0.25, 0.3) is 11.0 Å². The summed E-state index contributed by atoms with van der Waals surface area (Å²) in [5.41, 5.74) is 2.23. The van der Waals surface area contributed by atoms with E-state index in [0.29, 0.717) is 24.6 Å². The molecule has 0 saturated carbocycles. The van der Waals surface area contributed by atoms with Gasteiger partial charge in [0, 0.05) is 31.1 Å². The summed E-state index contributed by atoms with van der Waals surface area (Å²) in [4.78, 5) is 19.3. The van der Waals surface area contributed by atoms with Crippen molar-refractivity contribution in [2.24, 2.45) is 5.92 Å². The molecule has 6 nitrogen and oxygen atoms in total. The summed E-state index contributed by atoms with van der Waals surface area (Å²) < 4.78 is 1.88. The topological polar surface area (TPSA) is 71.2 Å². The molecule has 2 aromatic heterocycles. The molecule has 0 aliphatic carbocycles. The molecule has 0 spiro atoms. The highest BCUT2D eigenvalue weighted by atomic mass is 16.3. The highest BCUT2D eigenvalue weighted by Crippen LogP contribution is 2.23. The maximum absolute atomic E-state index is 12.8. The minimum Gasteiger partial charge on any atom is -0.396 e. The summed E-state index contributed by atoms with van der Waals surface area (Å²) in [6.45, 7) is 7.62. The smallest absolute Gasteiger partial charge is 0.255 e. The highest BCUT2D eigenvalue weighted by molar-refractivity contribution is 5.98. The van der Waals surface area contributed by atoms with Gasteiger partial charge in [0.05, 0.1) is 17.5 Å². The minimum atomic E-state index is 0.0330. The number of fused-ring (bicyclic) bond motifs is 1. The molecular weight excluding hydrogens is 292 g/mol. The molecule has 0 unspecified atom stereocenters. The lowest BCUT2D eigenvalue weighted by molar-refractivity contribution is 0.0650. The van der Waals surface area contributed by atoms with Crippen molar-refractivity contribution in [3.8, 4) is 0 Å². The summed E-state index contributed by atoms with van der Waals surface area (Å²) >= 11 is 0. The number of carbonyl (C=O) groups excluding carboxylic acids is 1. The number of rotatable bonds is 3. The Hall–Kier alpha value is -1.95. The first-order valence-electron chi connectivity index (χ1n) is 8.26. The number of aromatic nitrogens is 3. The fourth-order valence-electron chi connectivity index (χ4n) is 3.15. The molecule has 124 valence electrons. The fraction of sp³-hybridized carbons (Fsp3) is 0.588. The van der Waals surface area contributed by atoms with Gasteiger partial charge >= 0.3 is 0 Å². The zero-order chi connectivity index (χ0) is 16.6. The minimum absolute atomic E-state index is 0.0330. The van der Waals surface area contributed by atoms with Gasteiger partial charge in [-0.25, -0.2) is 9.67 Å². The fourth-order valence-corrected chi connectivity index (χ4v) is 3.15. The van der Waals surface area contributed by atoms with Gasteiger partial charge in [-0.05, 0) is 45.6 Å². The normalized spacial score (nSPS) is 16.5. The Morgan fingerprint density at radius 1 is 1.39 bits per heavy atom. The summed E-state index contributed by atoms with van der Waals surface area (Å²) in [5, 5.41) is 14.5. The summed E-state index contributed by atoms with van der Waals surface area (Å²) in [6, 6.07) is 2.14. The Morgan fingerprint density at radius 2 is 2.09 bits per heavy atom. The number of aliphatic hydroxyl groups excluding tert-OH is 1. The lowest BCUT2D eigenvalue weighted by Crippen LogP contribution is -2.39. The summed E-state index contributed by atoms with van der Waals surface area (Å²) in [7, 11) is 0. The third kappa shape index (κ3) is 2.95. The molecule has 1 aliphatic heterocycles. The molecule has 0 radical (unpaired) electrons. The van der Waals surface area contributed by atoms with Crippen molar-refractivity contribution >= 4 is 16.9 Å². The second kappa shape index (κ2) is 6.28. The molecule has 3 heterocycles. The van der Waals surface area contributed by atoms with E-state index >= 15 is 0 Å². The predicted molar refractivity (Wildman–Crippen MR) is 88.4 cm³/mol. The van der Waals surface area contributed by atoms with Crippen LogP contribution in [-0.2, 0) is 0 Å². The van der Waals surface area contributed by atoms with Crippen LogP contribution in [0.2, 0.25) is 0 Å². The molecule has 0 atom stereocenters. The molecule has 0 bridgehead atoms. The average molecular weight is 316 g/mol. The maximum Gasteiger partial charge on any atom is 0.255 e. The zero-order valence-electron chi connectivity index (χ0n) is 14.0. The highest BCUT2D eigenvalue weighted by Gasteiger charge is 2.25. The van der Waals surface area contributed by atoms with Gasteiger partial charge in [-0.2, -0.15) is 5.10 Å². The van der Waals surface area contributed by atoms with E-state index in [1.807, 2.05) is 22.6 Å². The number of hydrogen-bond acceptors (Lipinski definition) is 4. The van der Waals surface area contributed by atoms with Crippen molar-refractivity contribution < 1.29 is 9.90 Å². The third-order valence-electron chi connectivity index (χ3n) is 4.64. The number of likely N-dealkylation sites (tertiary alicyclic amines) is 1. The lowest BCUT2D eigenvalue weighted by Gasteiger charge is -2.31. The van der Waals surface area contributed by atoms with Crippen molar-refractivity contribution in [2.45, 2.75) is 39.7 Å². The van der Waals surface area contributed by atoms with Crippen LogP contribution in [-0.4, -0.2) is 50.4 Å². The second-order valence-corrected chi connectivity index (χ2v) is 6.64. The van der Waals surface area contributed by atoms with Crippen LogP contribution >= 0.6 is 0 Å². The molecule has 1 N–H and O–H groups in total. The molecule has 1 amide bonds. The maximum atomic E-state index is 12.8. The van der Waals surface area contributed by atoms with Crippen molar-refractivity contribution in [1.29, 1.82) is 0 Å². The number of pyridine rings is 1. The number of piperidine rings is 1. The van der Waals surface area contributed by atoms with Gasteiger partial charge < -0.3 is 10.0 Å². The first-order valence-corrected chi connectivity index (χ1v) is 8.26. The first kappa shape index (κ1) is 15.9. The lowest BCUT2D eigenvalue weighted by atomic mass is 9.97. The molecule has 1 saturated heterocycles. The Bertz CT molecular complexity index is 715. The predicted octanol–water partition coefficient (Wildman–Crippen LogP) is 2.17. The van der Waals surface area contributed by atoms with Gasteiger partial charge in [0.15, 0.2) is 5.65 Å². The van der Waals surface area contributed by atoms with Crippen molar-refractivity contribution in [3.05, 3.63) is 23.5 Å². The van der Waals surface area contributed by atoms with E-state index in [9.17, 15) is 9.90 Å². The molecular formula is C17H24N4O2. The van der Waals surface area contributed by atoms with E-state index < -0.39 is 0 Å². The molecule has 2 aromatic rings. The van der Waals surface area contributed by atoms with Gasteiger partial charge in [0.2, 0.25) is 0 Å². The SMILES string of the molecule is Cc1nc2c(cnn2C(C)C)cc1C(=O)N1CCC(CO)CC1. The van der Waals surface area contributed by atoms with Crippen LogP contribution in [0.15, 0.2) is 12.3 Å². The Kier molecular flexibility index (Phi) is 4.35. The van der Waals surface area contributed by atoms with Crippen LogP contribution in [0.1, 0.15) is 48.8 Å². The number of aryl methyl sites for hydroxylation is 1. The van der Waals surface area contributed by atoms with Crippen LogP contribution < -0.4 is 0 Å². The number of hydrogen-bond donors (Lipinski definition) is 1. The average Bonchev–Trinajstić information content (AvgIpc) is 2.96. The van der Waals surface area contributed by atoms with Crippen molar-refractivity contribution in [1.82, 2.24) is 19.7 Å². The van der Waals surface area contributed by atoms with E-state index in [2.05, 4.69) is 23.9 Å². The number of aliphatic hydroxyl groups is 1. The van der Waals surface area contributed by atoms with Crippen LogP contribution in [0, 0.1) is 12.8 Å². The van der Waals surface area contributed by atoms with Gasteiger partial charge in [0.1, 0.15) is 0 Å². The molecule has 6 heteroatoms. The van der Waals surface area contributed by atoms with Crippen LogP contribution in [0.3, 0.4) is 0 Å². The van der Waals surface area contributed by atoms with E-state index in [1.165, 1.54) is 0 Å². The third-order valence-corrected chi connectivity index (χ3v) is 4.64. The van der Waals surface area contributed by atoms with Gasteiger partial charge in [0.25, 0.3) is 5.91 Å². The molecule has 1 aliphatic rings. The molecule has 1 fully saturated rings. The Labute approximate surface area is 136 Å². The van der Waals surface area contributed by atoms with Crippen LogP contribution in [0.4, 0.5) is 0 Å². The van der Waals surface area contributed by atoms with E-state index in [4.69, 9.17) is 0 Å². The standard InChI is InChI=1S/C17H24N4O2/c1-11(2)21-16-14(9-18-21)8-15(12(3)19-16)17(23)20-6-4-13(10-22)5-7-20/h8-9,11,13,22H,4-7,10H2,1-3H3. The number of amides is 1. The van der Waals surface area contributed by atoms with Crippen molar-refractivity contribution in [2.75, 3.05) is 19.7 Å². The van der Waals surface area contributed by atoms with E-state index in [0.717, 1.165) is 29.6 Å². The van der Waals surface area contributed by atoms with Crippen molar-refractivity contribution in [3.63, 3.8) is 0 Å². The van der Waals surface area contributed by atoms with Gasteiger partial charge in [-0.15, -0.1) is 0 Å². The van der Waals surface area contributed by atoms with E-state index in [1.54, 1.807) is 6.20 Å². The number of carbonyl (C=O) groups is 1.